The highest BCUT2D eigenvalue weighted by Crippen LogP contribution is 2.36. The second kappa shape index (κ2) is 9.23. The van der Waals surface area contributed by atoms with Crippen molar-refractivity contribution in [3.63, 3.8) is 0 Å². The zero-order valence-electron chi connectivity index (χ0n) is 18.8. The van der Waals surface area contributed by atoms with Crippen molar-refractivity contribution >= 4 is 22.0 Å². The Kier molecular flexibility index (Phi) is 6.12. The van der Waals surface area contributed by atoms with Crippen molar-refractivity contribution in [2.45, 2.75) is 10.8 Å². The van der Waals surface area contributed by atoms with E-state index in [9.17, 15) is 18.0 Å². The van der Waals surface area contributed by atoms with Gasteiger partial charge >= 0.3 is 6.09 Å². The van der Waals surface area contributed by atoms with Crippen LogP contribution in [0.15, 0.2) is 64.6 Å². The van der Waals surface area contributed by atoms with Crippen molar-refractivity contribution in [2.24, 2.45) is 0 Å². The molecule has 184 valence electrons. The topological polar surface area (TPSA) is 125 Å². The van der Waals surface area contributed by atoms with Crippen LogP contribution in [0.3, 0.4) is 0 Å². The van der Waals surface area contributed by atoms with Gasteiger partial charge in [0.2, 0.25) is 15.9 Å². The summed E-state index contributed by atoms with van der Waals surface area (Å²) in [5.74, 6) is 0.0814. The van der Waals surface area contributed by atoms with Crippen LogP contribution in [0, 0.1) is 0 Å². The molecule has 2 aromatic rings. The highest BCUT2D eigenvalue weighted by Gasteiger charge is 2.39. The molecule has 0 aromatic heterocycles. The first-order valence-corrected chi connectivity index (χ1v) is 12.7. The fraction of sp³-hybridized carbons (Fsp3) is 0.333. The van der Waals surface area contributed by atoms with Crippen LogP contribution in [0.25, 0.3) is 0 Å². The summed E-state index contributed by atoms with van der Waals surface area (Å²) >= 11 is 0. The zero-order valence-corrected chi connectivity index (χ0v) is 19.7. The summed E-state index contributed by atoms with van der Waals surface area (Å²) in [4.78, 5) is 26.2. The fourth-order valence-corrected chi connectivity index (χ4v) is 6.09. The number of nitrogens with one attached hydrogen (secondary N) is 1. The maximum Gasteiger partial charge on any atom is 0.404 e. The van der Waals surface area contributed by atoms with Crippen LogP contribution in [0.4, 0.5) is 4.79 Å². The number of hydrogen-bond donors (Lipinski definition) is 2. The van der Waals surface area contributed by atoms with Crippen LogP contribution < -0.4 is 14.8 Å². The number of carbonyl (C=O) groups excluding carboxylic acids is 1. The molecule has 10 nitrogen and oxygen atoms in total. The lowest BCUT2D eigenvalue weighted by Gasteiger charge is -2.27. The van der Waals surface area contributed by atoms with E-state index in [1.807, 2.05) is 6.07 Å². The minimum absolute atomic E-state index is 0.0377. The van der Waals surface area contributed by atoms with Gasteiger partial charge in [0, 0.05) is 38.8 Å². The molecule has 3 heterocycles. The Bertz CT molecular complexity index is 1280. The van der Waals surface area contributed by atoms with Gasteiger partial charge < -0.3 is 24.8 Å². The number of benzene rings is 2. The first kappa shape index (κ1) is 23.2. The molecule has 0 saturated carbocycles. The molecule has 3 aliphatic rings. The molecule has 3 aliphatic heterocycles. The van der Waals surface area contributed by atoms with Gasteiger partial charge in [0.25, 0.3) is 0 Å². The third-order valence-corrected chi connectivity index (χ3v) is 8.21. The zero-order chi connectivity index (χ0) is 24.6. The standard InChI is InChI=1S/C24H25N3O7S/c28-23(20(11-25-24(29)30)16-4-2-1-3-5-16)26-12-17-14-27(15-18(17)13-26)35(31,32)19-6-7-21-22(10-19)34-9-8-33-21/h1-7,10,20,25H,8-9,11-15H2,(H,29,30)/t20-/m0/s1. The molecule has 0 fully saturated rings. The van der Waals surface area contributed by atoms with E-state index in [0.29, 0.717) is 37.8 Å². The number of amides is 2. The molecule has 11 heteroatoms. The molecule has 1 atom stereocenters. The number of carboxylic acid groups (broad SMARTS) is 1. The Morgan fingerprint density at radius 3 is 2.26 bits per heavy atom. The average molecular weight is 500 g/mol. The van der Waals surface area contributed by atoms with Crippen LogP contribution in [0.5, 0.6) is 11.5 Å². The van der Waals surface area contributed by atoms with E-state index in [2.05, 4.69) is 5.32 Å². The van der Waals surface area contributed by atoms with Gasteiger partial charge in [-0.25, -0.2) is 13.2 Å². The molecule has 2 amide bonds. The molecule has 0 unspecified atom stereocenters. The fourth-order valence-electron chi connectivity index (χ4n) is 4.65. The largest absolute Gasteiger partial charge is 0.486 e. The van der Waals surface area contributed by atoms with Crippen molar-refractivity contribution in [1.82, 2.24) is 14.5 Å². The minimum atomic E-state index is -3.75. The molecule has 0 saturated heterocycles. The van der Waals surface area contributed by atoms with Crippen LogP contribution in [-0.4, -0.2) is 80.7 Å². The van der Waals surface area contributed by atoms with E-state index in [1.165, 1.54) is 16.4 Å². The van der Waals surface area contributed by atoms with Gasteiger partial charge in [-0.1, -0.05) is 30.3 Å². The number of sulfonamides is 1. The molecule has 2 N–H and O–H groups in total. The number of fused-ring (bicyclic) bond motifs is 1. The number of carbonyl (C=O) groups is 2. The third kappa shape index (κ3) is 4.56. The van der Waals surface area contributed by atoms with Crippen molar-refractivity contribution in [3.8, 4) is 11.5 Å². The highest BCUT2D eigenvalue weighted by atomic mass is 32.2. The summed E-state index contributed by atoms with van der Waals surface area (Å²) < 4.78 is 38.9. The number of ether oxygens (including phenoxy) is 2. The van der Waals surface area contributed by atoms with Gasteiger partial charge in [0.15, 0.2) is 11.5 Å². The van der Waals surface area contributed by atoms with Crippen LogP contribution in [0.1, 0.15) is 11.5 Å². The van der Waals surface area contributed by atoms with Gasteiger partial charge in [-0.3, -0.25) is 4.79 Å². The smallest absolute Gasteiger partial charge is 0.404 e. The van der Waals surface area contributed by atoms with Gasteiger partial charge in [-0.15, -0.1) is 0 Å². The second-order valence-corrected chi connectivity index (χ2v) is 10.6. The lowest BCUT2D eigenvalue weighted by molar-refractivity contribution is -0.131. The van der Waals surface area contributed by atoms with Gasteiger partial charge in [0.05, 0.1) is 10.8 Å². The molecule has 5 rings (SSSR count). The molecule has 0 spiro atoms. The number of nitrogens with zero attached hydrogens (tertiary/aromatic N) is 2. The van der Waals surface area contributed by atoms with Crippen LogP contribution in [0.2, 0.25) is 0 Å². The highest BCUT2D eigenvalue weighted by molar-refractivity contribution is 7.89. The second-order valence-electron chi connectivity index (χ2n) is 8.63. The summed E-state index contributed by atoms with van der Waals surface area (Å²) in [5.41, 5.74) is 2.52. The summed E-state index contributed by atoms with van der Waals surface area (Å²) in [6, 6.07) is 13.6. The molecular formula is C24H25N3O7S. The van der Waals surface area contributed by atoms with E-state index in [-0.39, 0.29) is 30.4 Å². The minimum Gasteiger partial charge on any atom is -0.486 e. The molecule has 35 heavy (non-hydrogen) atoms. The van der Waals surface area contributed by atoms with Gasteiger partial charge in [0.1, 0.15) is 13.2 Å². The lowest BCUT2D eigenvalue weighted by Crippen LogP contribution is -2.41. The van der Waals surface area contributed by atoms with Crippen molar-refractivity contribution in [2.75, 3.05) is 45.9 Å². The SMILES string of the molecule is O=C(O)NC[C@H](C(=O)N1CC2=C(C1)CN(S(=O)(=O)c1ccc3c(c1)OCCO3)C2)c1ccccc1. The predicted octanol–water partition coefficient (Wildman–Crippen LogP) is 1.65. The Morgan fingerprint density at radius 2 is 1.60 bits per heavy atom. The quantitative estimate of drug-likeness (QED) is 0.579. The first-order valence-electron chi connectivity index (χ1n) is 11.2. The predicted molar refractivity (Wildman–Crippen MR) is 125 cm³/mol. The molecule has 0 aliphatic carbocycles. The Labute approximate surface area is 202 Å². The van der Waals surface area contributed by atoms with E-state index in [4.69, 9.17) is 14.6 Å². The summed E-state index contributed by atoms with van der Waals surface area (Å²) in [6.07, 6.45) is -1.19. The maximum absolute atomic E-state index is 13.3. The van der Waals surface area contributed by atoms with Gasteiger partial charge in [-0.05, 0) is 28.8 Å². The van der Waals surface area contributed by atoms with E-state index in [1.54, 1.807) is 35.2 Å². The monoisotopic (exact) mass is 499 g/mol. The van der Waals surface area contributed by atoms with Gasteiger partial charge in [-0.2, -0.15) is 4.31 Å². The summed E-state index contributed by atoms with van der Waals surface area (Å²) in [5, 5.41) is 11.3. The Hall–Kier alpha value is -3.57. The normalized spacial score (nSPS) is 18.3. The Balaban J connectivity index is 1.27. The number of rotatable bonds is 6. The summed E-state index contributed by atoms with van der Waals surface area (Å²) in [7, 11) is -3.75. The molecule has 2 aromatic carbocycles. The van der Waals surface area contributed by atoms with E-state index < -0.39 is 22.0 Å². The molecule has 0 bridgehead atoms. The maximum atomic E-state index is 13.3. The van der Waals surface area contributed by atoms with Crippen LogP contribution >= 0.6 is 0 Å². The van der Waals surface area contributed by atoms with Crippen molar-refractivity contribution in [3.05, 3.63) is 65.2 Å². The van der Waals surface area contributed by atoms with Crippen molar-refractivity contribution < 1.29 is 32.6 Å². The third-order valence-electron chi connectivity index (χ3n) is 6.42. The first-order chi connectivity index (χ1) is 16.8. The summed E-state index contributed by atoms with van der Waals surface area (Å²) in [6.45, 7) is 1.80. The number of hydrogen-bond acceptors (Lipinski definition) is 6. The lowest BCUT2D eigenvalue weighted by atomic mass is 9.97. The molecule has 0 radical (unpaired) electrons. The Morgan fingerprint density at radius 1 is 0.943 bits per heavy atom. The van der Waals surface area contributed by atoms with Crippen LogP contribution in [-0.2, 0) is 14.8 Å². The van der Waals surface area contributed by atoms with E-state index in [0.717, 1.165) is 16.7 Å². The molecular weight excluding hydrogens is 474 g/mol. The average Bonchev–Trinajstić information content (AvgIpc) is 3.44. The van der Waals surface area contributed by atoms with E-state index >= 15 is 0 Å². The van der Waals surface area contributed by atoms with Crippen molar-refractivity contribution in [1.29, 1.82) is 0 Å².